The number of aromatic nitrogens is 1. The van der Waals surface area contributed by atoms with Crippen molar-refractivity contribution in [3.05, 3.63) is 84.2 Å². The van der Waals surface area contributed by atoms with Crippen LogP contribution in [0.2, 0.25) is 0 Å². The third-order valence-corrected chi connectivity index (χ3v) is 4.15. The minimum atomic E-state index is -0.264. The van der Waals surface area contributed by atoms with Crippen LogP contribution in [-0.2, 0) is 6.42 Å². The molecule has 1 amide bonds. The van der Waals surface area contributed by atoms with Crippen molar-refractivity contribution in [2.75, 3.05) is 5.32 Å². The topological polar surface area (TPSA) is 58.1 Å². The molecule has 0 spiro atoms. The molecule has 0 atom stereocenters. The number of carbonyl (C=O) groups is 1. The van der Waals surface area contributed by atoms with E-state index in [2.05, 4.69) is 23.1 Å². The van der Waals surface area contributed by atoms with Crippen LogP contribution in [-0.4, -0.2) is 15.6 Å². The lowest BCUT2D eigenvalue weighted by molar-refractivity contribution is 0.0944. The van der Waals surface area contributed by atoms with Crippen LogP contribution in [0.25, 0.3) is 5.69 Å². The number of anilines is 1. The Bertz CT molecular complexity index is 888. The van der Waals surface area contributed by atoms with Crippen molar-refractivity contribution >= 4 is 28.9 Å². The lowest BCUT2D eigenvalue weighted by atomic mass is 10.1. The number of hydrogen-bond donors (Lipinski definition) is 3. The second-order valence-electron chi connectivity index (χ2n) is 5.69. The molecule has 0 radical (unpaired) electrons. The molecule has 6 heteroatoms. The van der Waals surface area contributed by atoms with Crippen molar-refractivity contribution in [3.8, 4) is 5.69 Å². The van der Waals surface area contributed by atoms with Crippen molar-refractivity contribution < 1.29 is 4.79 Å². The Morgan fingerprint density at radius 1 is 0.962 bits per heavy atom. The first-order valence-electron chi connectivity index (χ1n) is 8.36. The summed E-state index contributed by atoms with van der Waals surface area (Å²) >= 11 is 5.24. The molecule has 0 unspecified atom stereocenters. The zero-order chi connectivity index (χ0) is 18.4. The number of amides is 1. The Morgan fingerprint density at radius 3 is 2.35 bits per heavy atom. The predicted molar refractivity (Wildman–Crippen MR) is 108 cm³/mol. The van der Waals surface area contributed by atoms with Gasteiger partial charge < -0.3 is 9.88 Å². The van der Waals surface area contributed by atoms with Gasteiger partial charge in [0.15, 0.2) is 5.11 Å². The molecule has 0 bridgehead atoms. The summed E-state index contributed by atoms with van der Waals surface area (Å²) < 4.78 is 1.89. The van der Waals surface area contributed by atoms with E-state index in [4.69, 9.17) is 12.2 Å². The second kappa shape index (κ2) is 8.31. The monoisotopic (exact) mass is 364 g/mol. The summed E-state index contributed by atoms with van der Waals surface area (Å²) in [5, 5.41) is 3.36. The lowest BCUT2D eigenvalue weighted by Crippen LogP contribution is -2.44. The van der Waals surface area contributed by atoms with Gasteiger partial charge in [-0.25, -0.2) is 0 Å². The van der Waals surface area contributed by atoms with Crippen molar-refractivity contribution in [3.63, 3.8) is 0 Å². The van der Waals surface area contributed by atoms with Gasteiger partial charge in [-0.2, -0.15) is 0 Å². The van der Waals surface area contributed by atoms with Gasteiger partial charge in [0, 0.05) is 18.1 Å². The van der Waals surface area contributed by atoms with E-state index >= 15 is 0 Å². The number of carbonyl (C=O) groups excluding carboxylic acids is 1. The SMILES string of the molecule is CCc1ccc(NC(=S)NNC(=O)c2ccccc2-n2cccc2)cc1. The van der Waals surface area contributed by atoms with E-state index in [-0.39, 0.29) is 5.91 Å². The fourth-order valence-corrected chi connectivity index (χ4v) is 2.72. The highest BCUT2D eigenvalue weighted by molar-refractivity contribution is 7.80. The Kier molecular flexibility index (Phi) is 5.66. The third-order valence-electron chi connectivity index (χ3n) is 3.94. The zero-order valence-corrected chi connectivity index (χ0v) is 15.2. The summed E-state index contributed by atoms with van der Waals surface area (Å²) in [7, 11) is 0. The molecule has 2 aromatic carbocycles. The van der Waals surface area contributed by atoms with Gasteiger partial charge >= 0.3 is 0 Å². The molecule has 0 fully saturated rings. The molecule has 1 aromatic heterocycles. The molecule has 26 heavy (non-hydrogen) atoms. The molecular formula is C20H20N4OS. The summed E-state index contributed by atoms with van der Waals surface area (Å²) in [6.45, 7) is 2.11. The number of aryl methyl sites for hydroxylation is 1. The highest BCUT2D eigenvalue weighted by atomic mass is 32.1. The minimum Gasteiger partial charge on any atom is -0.331 e. The van der Waals surface area contributed by atoms with E-state index in [0.29, 0.717) is 10.7 Å². The van der Waals surface area contributed by atoms with Crippen LogP contribution in [0.3, 0.4) is 0 Å². The van der Waals surface area contributed by atoms with Crippen molar-refractivity contribution in [1.82, 2.24) is 15.4 Å². The molecule has 0 aliphatic rings. The first kappa shape index (κ1) is 17.7. The van der Waals surface area contributed by atoms with Gasteiger partial charge in [-0.3, -0.25) is 15.6 Å². The average Bonchev–Trinajstić information content (AvgIpc) is 3.21. The molecule has 0 aliphatic carbocycles. The lowest BCUT2D eigenvalue weighted by Gasteiger charge is -2.14. The van der Waals surface area contributed by atoms with Gasteiger partial charge in [-0.05, 0) is 60.6 Å². The van der Waals surface area contributed by atoms with E-state index in [0.717, 1.165) is 17.8 Å². The van der Waals surface area contributed by atoms with Gasteiger partial charge in [-0.1, -0.05) is 31.2 Å². The van der Waals surface area contributed by atoms with E-state index < -0.39 is 0 Å². The van der Waals surface area contributed by atoms with Crippen LogP contribution >= 0.6 is 12.2 Å². The summed E-state index contributed by atoms with van der Waals surface area (Å²) in [6.07, 6.45) is 4.78. The van der Waals surface area contributed by atoms with Crippen molar-refractivity contribution in [2.45, 2.75) is 13.3 Å². The summed E-state index contributed by atoms with van der Waals surface area (Å²) in [4.78, 5) is 12.5. The van der Waals surface area contributed by atoms with Gasteiger partial charge in [0.2, 0.25) is 0 Å². The quantitative estimate of drug-likeness (QED) is 0.488. The normalized spacial score (nSPS) is 10.2. The predicted octanol–water partition coefficient (Wildman–Crippen LogP) is 3.67. The van der Waals surface area contributed by atoms with Crippen LogP contribution in [0.15, 0.2) is 73.1 Å². The number of para-hydroxylation sites is 1. The maximum Gasteiger partial charge on any atom is 0.271 e. The molecular weight excluding hydrogens is 344 g/mol. The summed E-state index contributed by atoms with van der Waals surface area (Å²) in [5.41, 5.74) is 8.84. The number of nitrogens with zero attached hydrogens (tertiary/aromatic N) is 1. The van der Waals surface area contributed by atoms with Crippen LogP contribution in [0.1, 0.15) is 22.8 Å². The van der Waals surface area contributed by atoms with Crippen LogP contribution < -0.4 is 16.2 Å². The maximum atomic E-state index is 12.5. The van der Waals surface area contributed by atoms with Gasteiger partial charge in [-0.15, -0.1) is 0 Å². The van der Waals surface area contributed by atoms with E-state index in [1.54, 1.807) is 6.07 Å². The molecule has 0 aliphatic heterocycles. The first-order chi connectivity index (χ1) is 12.7. The second-order valence-corrected chi connectivity index (χ2v) is 6.10. The molecule has 132 valence electrons. The number of rotatable bonds is 4. The molecule has 1 heterocycles. The van der Waals surface area contributed by atoms with Gasteiger partial charge in [0.25, 0.3) is 5.91 Å². The number of thiocarbonyl (C=S) groups is 1. The molecule has 3 aromatic rings. The molecule has 5 nitrogen and oxygen atoms in total. The van der Waals surface area contributed by atoms with Crippen molar-refractivity contribution in [1.29, 1.82) is 0 Å². The molecule has 0 saturated carbocycles. The number of hydrogen-bond acceptors (Lipinski definition) is 2. The fraction of sp³-hybridized carbons (Fsp3) is 0.100. The van der Waals surface area contributed by atoms with Crippen LogP contribution in [0.5, 0.6) is 0 Å². The third kappa shape index (κ3) is 4.29. The smallest absolute Gasteiger partial charge is 0.271 e. The van der Waals surface area contributed by atoms with E-state index in [9.17, 15) is 4.79 Å². The fourth-order valence-electron chi connectivity index (χ4n) is 2.55. The minimum absolute atomic E-state index is 0.264. The number of nitrogens with one attached hydrogen (secondary N) is 3. The number of hydrazine groups is 1. The Balaban J connectivity index is 1.61. The van der Waals surface area contributed by atoms with Gasteiger partial charge in [0.1, 0.15) is 0 Å². The molecule has 3 N–H and O–H groups in total. The van der Waals surface area contributed by atoms with Crippen LogP contribution in [0, 0.1) is 0 Å². The van der Waals surface area contributed by atoms with E-state index in [1.807, 2.05) is 71.6 Å². The first-order valence-corrected chi connectivity index (χ1v) is 8.77. The summed E-state index contributed by atoms with van der Waals surface area (Å²) in [6, 6.07) is 19.2. The Labute approximate surface area is 158 Å². The average molecular weight is 364 g/mol. The van der Waals surface area contributed by atoms with Crippen LogP contribution in [0.4, 0.5) is 5.69 Å². The molecule has 0 saturated heterocycles. The Hall–Kier alpha value is -3.12. The zero-order valence-electron chi connectivity index (χ0n) is 14.4. The molecule has 3 rings (SSSR count). The van der Waals surface area contributed by atoms with Gasteiger partial charge in [0.05, 0.1) is 11.3 Å². The largest absolute Gasteiger partial charge is 0.331 e. The number of benzene rings is 2. The maximum absolute atomic E-state index is 12.5. The summed E-state index contributed by atoms with van der Waals surface area (Å²) in [5.74, 6) is -0.264. The van der Waals surface area contributed by atoms with Crippen molar-refractivity contribution in [2.24, 2.45) is 0 Å². The Morgan fingerprint density at radius 2 is 1.65 bits per heavy atom. The highest BCUT2D eigenvalue weighted by Gasteiger charge is 2.12. The standard InChI is InChI=1S/C20H20N4OS/c1-2-15-9-11-16(12-10-15)21-20(26)23-22-19(25)17-7-3-4-8-18(17)24-13-5-6-14-24/h3-14H,2H2,1H3,(H,22,25)(H2,21,23,26). The van der Waals surface area contributed by atoms with E-state index in [1.165, 1.54) is 5.56 Å². The highest BCUT2D eigenvalue weighted by Crippen LogP contribution is 2.14.